The first-order valence-corrected chi connectivity index (χ1v) is 10.6. The summed E-state index contributed by atoms with van der Waals surface area (Å²) in [6.07, 6.45) is 6.87. The van der Waals surface area contributed by atoms with Gasteiger partial charge in [0.1, 0.15) is 12.1 Å². The van der Waals surface area contributed by atoms with Gasteiger partial charge in [-0.2, -0.15) is 4.98 Å². The molecule has 0 spiro atoms. The van der Waals surface area contributed by atoms with Gasteiger partial charge in [0.15, 0.2) is 0 Å². The van der Waals surface area contributed by atoms with E-state index in [1.807, 2.05) is 41.8 Å². The predicted octanol–water partition coefficient (Wildman–Crippen LogP) is 2.89. The lowest BCUT2D eigenvalue weighted by Crippen LogP contribution is -2.39. The number of imidazole rings is 1. The van der Waals surface area contributed by atoms with Crippen molar-refractivity contribution in [1.29, 1.82) is 0 Å². The molecule has 3 heterocycles. The third kappa shape index (κ3) is 4.94. The standard InChI is InChI=1S/C22H28N6O2/c1-2-30-21(29)15-27-13-5-6-17(14-27)9-11-23-22-24-12-10-20(26-22)28-16-25-18-7-3-4-8-19(18)28/h3-4,7-8,10,12,16-17H,2,5-6,9,11,13-15H2,1H3,(H,23,24,26). The number of carbonyl (C=O) groups excluding carboxylic acids is 1. The van der Waals surface area contributed by atoms with E-state index in [1.54, 1.807) is 12.5 Å². The number of esters is 1. The van der Waals surface area contributed by atoms with Crippen LogP contribution in [0.5, 0.6) is 0 Å². The minimum Gasteiger partial charge on any atom is -0.465 e. The highest BCUT2D eigenvalue weighted by Gasteiger charge is 2.21. The molecule has 0 radical (unpaired) electrons. The van der Waals surface area contributed by atoms with Crippen LogP contribution in [0.4, 0.5) is 5.95 Å². The summed E-state index contributed by atoms with van der Waals surface area (Å²) in [6, 6.07) is 9.87. The van der Waals surface area contributed by atoms with Crippen LogP contribution in [0.1, 0.15) is 26.2 Å². The second-order valence-corrected chi connectivity index (χ2v) is 7.61. The average molecular weight is 409 g/mol. The molecule has 0 amide bonds. The monoisotopic (exact) mass is 408 g/mol. The number of ether oxygens (including phenoxy) is 1. The maximum absolute atomic E-state index is 11.7. The number of nitrogens with zero attached hydrogens (tertiary/aromatic N) is 5. The Morgan fingerprint density at radius 2 is 2.17 bits per heavy atom. The molecule has 0 bridgehead atoms. The van der Waals surface area contributed by atoms with E-state index < -0.39 is 0 Å². The summed E-state index contributed by atoms with van der Waals surface area (Å²) in [6.45, 7) is 5.37. The van der Waals surface area contributed by atoms with Gasteiger partial charge in [-0.1, -0.05) is 12.1 Å². The van der Waals surface area contributed by atoms with E-state index in [0.29, 0.717) is 25.0 Å². The third-order valence-corrected chi connectivity index (χ3v) is 5.44. The van der Waals surface area contributed by atoms with Gasteiger partial charge in [0, 0.05) is 19.3 Å². The quantitative estimate of drug-likeness (QED) is 0.574. The van der Waals surface area contributed by atoms with Crippen molar-refractivity contribution < 1.29 is 9.53 Å². The number of para-hydroxylation sites is 2. The minimum absolute atomic E-state index is 0.131. The molecule has 1 fully saturated rings. The molecule has 4 rings (SSSR count). The summed E-state index contributed by atoms with van der Waals surface area (Å²) >= 11 is 0. The van der Waals surface area contributed by atoms with Crippen LogP contribution in [0.25, 0.3) is 16.9 Å². The first kappa shape index (κ1) is 20.3. The molecule has 1 unspecified atom stereocenters. The van der Waals surface area contributed by atoms with Crippen LogP contribution in [0.2, 0.25) is 0 Å². The van der Waals surface area contributed by atoms with Crippen molar-refractivity contribution in [3.8, 4) is 5.82 Å². The van der Waals surface area contributed by atoms with E-state index in [1.165, 1.54) is 6.42 Å². The zero-order valence-corrected chi connectivity index (χ0v) is 17.3. The fourth-order valence-electron chi connectivity index (χ4n) is 4.02. The lowest BCUT2D eigenvalue weighted by Gasteiger charge is -2.32. The molecule has 0 saturated carbocycles. The van der Waals surface area contributed by atoms with Crippen LogP contribution in [0.15, 0.2) is 42.9 Å². The summed E-state index contributed by atoms with van der Waals surface area (Å²) in [5, 5.41) is 3.35. The SMILES string of the molecule is CCOC(=O)CN1CCCC(CCNc2nccc(-n3cnc4ccccc43)n2)C1. The second kappa shape index (κ2) is 9.67. The fraction of sp³-hybridized carbons (Fsp3) is 0.455. The van der Waals surface area contributed by atoms with Gasteiger partial charge >= 0.3 is 5.97 Å². The number of hydrogen-bond donors (Lipinski definition) is 1. The average Bonchev–Trinajstić information content (AvgIpc) is 3.19. The molecule has 8 nitrogen and oxygen atoms in total. The Bertz CT molecular complexity index is 988. The largest absolute Gasteiger partial charge is 0.465 e. The Hall–Kier alpha value is -3.00. The number of fused-ring (bicyclic) bond motifs is 1. The van der Waals surface area contributed by atoms with Crippen LogP contribution < -0.4 is 5.32 Å². The molecule has 2 aromatic heterocycles. The number of benzene rings is 1. The Morgan fingerprint density at radius 1 is 1.27 bits per heavy atom. The normalized spacial score (nSPS) is 17.2. The van der Waals surface area contributed by atoms with E-state index in [9.17, 15) is 4.79 Å². The van der Waals surface area contributed by atoms with Crippen LogP contribution in [-0.2, 0) is 9.53 Å². The first-order valence-electron chi connectivity index (χ1n) is 10.6. The molecule has 1 atom stereocenters. The summed E-state index contributed by atoms with van der Waals surface area (Å²) < 4.78 is 7.04. The maximum atomic E-state index is 11.7. The highest BCUT2D eigenvalue weighted by Crippen LogP contribution is 2.20. The van der Waals surface area contributed by atoms with Crippen molar-refractivity contribution in [2.24, 2.45) is 5.92 Å². The number of likely N-dealkylation sites (tertiary alicyclic amines) is 1. The van der Waals surface area contributed by atoms with Crippen molar-refractivity contribution in [1.82, 2.24) is 24.4 Å². The minimum atomic E-state index is -0.131. The van der Waals surface area contributed by atoms with E-state index in [0.717, 1.165) is 49.3 Å². The molecule has 8 heteroatoms. The van der Waals surface area contributed by atoms with Gasteiger partial charge in [0.25, 0.3) is 0 Å². The topological polar surface area (TPSA) is 85.2 Å². The molecule has 1 aromatic carbocycles. The number of aromatic nitrogens is 4. The Kier molecular flexibility index (Phi) is 6.53. The zero-order chi connectivity index (χ0) is 20.8. The second-order valence-electron chi connectivity index (χ2n) is 7.61. The third-order valence-electron chi connectivity index (χ3n) is 5.44. The highest BCUT2D eigenvalue weighted by atomic mass is 16.5. The van der Waals surface area contributed by atoms with Gasteiger partial charge in [-0.15, -0.1) is 0 Å². The van der Waals surface area contributed by atoms with Gasteiger partial charge in [-0.05, 0) is 56.8 Å². The Labute approximate surface area is 176 Å². The van der Waals surface area contributed by atoms with Gasteiger partial charge in [-0.3, -0.25) is 14.3 Å². The van der Waals surface area contributed by atoms with Crippen LogP contribution >= 0.6 is 0 Å². The lowest BCUT2D eigenvalue weighted by atomic mass is 9.95. The number of carbonyl (C=O) groups is 1. The Morgan fingerprint density at radius 3 is 3.07 bits per heavy atom. The van der Waals surface area contributed by atoms with Gasteiger partial charge in [-0.25, -0.2) is 9.97 Å². The number of nitrogens with one attached hydrogen (secondary N) is 1. The Balaban J connectivity index is 1.31. The zero-order valence-electron chi connectivity index (χ0n) is 17.3. The molecule has 0 aliphatic carbocycles. The number of hydrogen-bond acceptors (Lipinski definition) is 7. The van der Waals surface area contributed by atoms with Gasteiger partial charge in [0.2, 0.25) is 5.95 Å². The molecular formula is C22H28N6O2. The summed E-state index contributed by atoms with van der Waals surface area (Å²) in [7, 11) is 0. The molecule has 158 valence electrons. The molecule has 1 saturated heterocycles. The van der Waals surface area contributed by atoms with Crippen LogP contribution in [0, 0.1) is 5.92 Å². The van der Waals surface area contributed by atoms with E-state index >= 15 is 0 Å². The first-order chi connectivity index (χ1) is 14.7. The molecule has 1 N–H and O–H groups in total. The molecule has 1 aliphatic heterocycles. The summed E-state index contributed by atoms with van der Waals surface area (Å²) in [5.74, 6) is 1.83. The number of piperidine rings is 1. The van der Waals surface area contributed by atoms with E-state index in [-0.39, 0.29) is 5.97 Å². The van der Waals surface area contributed by atoms with Crippen molar-refractivity contribution >= 4 is 23.0 Å². The number of rotatable bonds is 8. The van der Waals surface area contributed by atoms with Crippen LogP contribution in [-0.4, -0.2) is 63.2 Å². The van der Waals surface area contributed by atoms with Crippen LogP contribution in [0.3, 0.4) is 0 Å². The molecule has 30 heavy (non-hydrogen) atoms. The highest BCUT2D eigenvalue weighted by molar-refractivity contribution is 5.76. The summed E-state index contributed by atoms with van der Waals surface area (Å²) in [5.41, 5.74) is 1.96. The van der Waals surface area contributed by atoms with Crippen molar-refractivity contribution in [2.45, 2.75) is 26.2 Å². The van der Waals surface area contributed by atoms with E-state index in [4.69, 9.17) is 4.74 Å². The van der Waals surface area contributed by atoms with Crippen molar-refractivity contribution in [2.75, 3.05) is 38.1 Å². The number of anilines is 1. The van der Waals surface area contributed by atoms with Gasteiger partial charge in [0.05, 0.1) is 24.2 Å². The maximum Gasteiger partial charge on any atom is 0.320 e. The van der Waals surface area contributed by atoms with Crippen molar-refractivity contribution in [3.63, 3.8) is 0 Å². The lowest BCUT2D eigenvalue weighted by molar-refractivity contribution is -0.144. The molecule has 3 aromatic rings. The van der Waals surface area contributed by atoms with E-state index in [2.05, 4.69) is 25.2 Å². The molecular weight excluding hydrogens is 380 g/mol. The fourth-order valence-corrected chi connectivity index (χ4v) is 4.02. The summed E-state index contributed by atoms with van der Waals surface area (Å²) in [4.78, 5) is 27.4. The van der Waals surface area contributed by atoms with Crippen molar-refractivity contribution in [3.05, 3.63) is 42.9 Å². The smallest absolute Gasteiger partial charge is 0.320 e. The predicted molar refractivity (Wildman–Crippen MR) is 116 cm³/mol. The van der Waals surface area contributed by atoms with Gasteiger partial charge < -0.3 is 10.1 Å². The molecule has 1 aliphatic rings.